The second kappa shape index (κ2) is 3.67. The van der Waals surface area contributed by atoms with Crippen LogP contribution < -0.4 is 0 Å². The summed E-state index contributed by atoms with van der Waals surface area (Å²) in [4.78, 5) is 13.4. The summed E-state index contributed by atoms with van der Waals surface area (Å²) < 4.78 is 5.28. The third-order valence-corrected chi connectivity index (χ3v) is 2.93. The Bertz CT molecular complexity index is 255. The summed E-state index contributed by atoms with van der Waals surface area (Å²) in [7, 11) is 0. The average Bonchev–Trinajstić information content (AvgIpc) is 1.99. The molecule has 0 bridgehead atoms. The first kappa shape index (κ1) is 12.3. The van der Waals surface area contributed by atoms with Crippen molar-refractivity contribution in [1.82, 2.24) is 4.90 Å². The molecule has 1 unspecified atom stereocenters. The quantitative estimate of drug-likeness (QED) is 0.723. The lowest BCUT2D eigenvalue weighted by Gasteiger charge is -2.54. The van der Waals surface area contributed by atoms with E-state index < -0.39 is 5.60 Å². The first-order valence-corrected chi connectivity index (χ1v) is 5.30. The standard InChI is InChI=1S/C11H21NO3/c1-10(2,3)15-9(14)12-6-8(7-13)11(12,4)5/h8,13H,6-7H2,1-5H3. The molecular weight excluding hydrogens is 194 g/mol. The molecule has 15 heavy (non-hydrogen) atoms. The Morgan fingerprint density at radius 2 is 2.07 bits per heavy atom. The van der Waals surface area contributed by atoms with Gasteiger partial charge >= 0.3 is 6.09 Å². The van der Waals surface area contributed by atoms with Crippen molar-refractivity contribution in [3.05, 3.63) is 0 Å². The lowest BCUT2D eigenvalue weighted by atomic mass is 9.78. The summed E-state index contributed by atoms with van der Waals surface area (Å²) >= 11 is 0. The number of hydrogen-bond acceptors (Lipinski definition) is 3. The van der Waals surface area contributed by atoms with Gasteiger partial charge in [0, 0.05) is 24.6 Å². The number of nitrogens with zero attached hydrogens (tertiary/aromatic N) is 1. The van der Waals surface area contributed by atoms with E-state index in [2.05, 4.69) is 0 Å². The van der Waals surface area contributed by atoms with Crippen LogP contribution in [-0.2, 0) is 4.74 Å². The Kier molecular flexibility index (Phi) is 3.01. The van der Waals surface area contributed by atoms with E-state index >= 15 is 0 Å². The summed E-state index contributed by atoms with van der Waals surface area (Å²) in [6, 6.07) is 0. The molecule has 0 aromatic heterocycles. The summed E-state index contributed by atoms with van der Waals surface area (Å²) in [5.74, 6) is 0.157. The summed E-state index contributed by atoms with van der Waals surface area (Å²) in [5, 5.41) is 9.07. The number of ether oxygens (including phenoxy) is 1. The van der Waals surface area contributed by atoms with Crippen LogP contribution in [-0.4, -0.2) is 40.4 Å². The van der Waals surface area contributed by atoms with E-state index in [1.54, 1.807) is 4.90 Å². The fraction of sp³-hybridized carbons (Fsp3) is 0.909. The molecule has 88 valence electrons. The van der Waals surface area contributed by atoms with Crippen LogP contribution in [0.3, 0.4) is 0 Å². The van der Waals surface area contributed by atoms with Crippen LogP contribution in [0, 0.1) is 5.92 Å². The Balaban J connectivity index is 2.58. The zero-order valence-electron chi connectivity index (χ0n) is 10.2. The topological polar surface area (TPSA) is 49.8 Å². The molecule has 1 amide bonds. The number of carbonyl (C=O) groups excluding carboxylic acids is 1. The number of likely N-dealkylation sites (tertiary alicyclic amines) is 1. The highest BCUT2D eigenvalue weighted by Crippen LogP contribution is 2.36. The minimum Gasteiger partial charge on any atom is -0.444 e. The van der Waals surface area contributed by atoms with Crippen LogP contribution in [0.5, 0.6) is 0 Å². The zero-order chi connectivity index (χ0) is 11.9. The highest BCUT2D eigenvalue weighted by Gasteiger charge is 2.49. The smallest absolute Gasteiger partial charge is 0.410 e. The molecule has 4 heteroatoms. The van der Waals surface area contributed by atoms with Crippen molar-refractivity contribution in [2.75, 3.05) is 13.2 Å². The van der Waals surface area contributed by atoms with Gasteiger partial charge in [-0.05, 0) is 34.6 Å². The van der Waals surface area contributed by atoms with Gasteiger partial charge in [0.05, 0.1) is 0 Å². The lowest BCUT2D eigenvalue weighted by molar-refractivity contribution is -0.0833. The molecule has 1 aliphatic rings. The molecule has 1 atom stereocenters. The molecule has 1 fully saturated rings. The van der Waals surface area contributed by atoms with Gasteiger partial charge in [-0.1, -0.05) is 0 Å². The number of aliphatic hydroxyl groups is 1. The minimum absolute atomic E-state index is 0.117. The maximum absolute atomic E-state index is 11.7. The van der Waals surface area contributed by atoms with E-state index in [0.717, 1.165) is 0 Å². The minimum atomic E-state index is -0.461. The van der Waals surface area contributed by atoms with Crippen LogP contribution in [0.2, 0.25) is 0 Å². The van der Waals surface area contributed by atoms with Gasteiger partial charge in [0.15, 0.2) is 0 Å². The number of rotatable bonds is 1. The third kappa shape index (κ3) is 2.43. The van der Waals surface area contributed by atoms with Crippen molar-refractivity contribution in [2.24, 2.45) is 5.92 Å². The van der Waals surface area contributed by atoms with Crippen LogP contribution in [0.1, 0.15) is 34.6 Å². The fourth-order valence-electron chi connectivity index (χ4n) is 1.69. The van der Waals surface area contributed by atoms with E-state index in [9.17, 15) is 4.79 Å². The predicted octanol–water partition coefficient (Wildman–Crippen LogP) is 1.62. The molecule has 1 heterocycles. The Hall–Kier alpha value is -0.770. The number of carbonyl (C=O) groups is 1. The van der Waals surface area contributed by atoms with E-state index in [4.69, 9.17) is 9.84 Å². The van der Waals surface area contributed by atoms with Gasteiger partial charge < -0.3 is 14.7 Å². The maximum Gasteiger partial charge on any atom is 0.410 e. The first-order valence-electron chi connectivity index (χ1n) is 5.30. The van der Waals surface area contributed by atoms with E-state index in [1.165, 1.54) is 0 Å². The second-order valence-electron chi connectivity index (χ2n) is 5.62. The van der Waals surface area contributed by atoms with Crippen molar-refractivity contribution in [1.29, 1.82) is 0 Å². The summed E-state index contributed by atoms with van der Waals surface area (Å²) in [5.41, 5.74) is -0.755. The molecule has 0 aliphatic carbocycles. The molecular formula is C11H21NO3. The van der Waals surface area contributed by atoms with Gasteiger partial charge in [0.2, 0.25) is 0 Å². The van der Waals surface area contributed by atoms with Crippen LogP contribution >= 0.6 is 0 Å². The molecule has 1 N–H and O–H groups in total. The molecule has 1 saturated heterocycles. The Labute approximate surface area is 91.2 Å². The molecule has 0 aromatic rings. The number of hydrogen-bond donors (Lipinski definition) is 1. The average molecular weight is 215 g/mol. The number of amides is 1. The predicted molar refractivity (Wildman–Crippen MR) is 57.6 cm³/mol. The second-order valence-corrected chi connectivity index (χ2v) is 5.62. The molecule has 0 saturated carbocycles. The SMILES string of the molecule is CC(C)(C)OC(=O)N1CC(CO)C1(C)C. The fourth-order valence-corrected chi connectivity index (χ4v) is 1.69. The molecule has 0 spiro atoms. The summed E-state index contributed by atoms with van der Waals surface area (Å²) in [6.07, 6.45) is -0.294. The van der Waals surface area contributed by atoms with E-state index in [-0.39, 0.29) is 24.2 Å². The zero-order valence-corrected chi connectivity index (χ0v) is 10.2. The van der Waals surface area contributed by atoms with Crippen molar-refractivity contribution in [3.63, 3.8) is 0 Å². The largest absolute Gasteiger partial charge is 0.444 e. The number of aliphatic hydroxyl groups excluding tert-OH is 1. The van der Waals surface area contributed by atoms with Gasteiger partial charge in [-0.2, -0.15) is 0 Å². The third-order valence-electron chi connectivity index (χ3n) is 2.93. The van der Waals surface area contributed by atoms with Crippen molar-refractivity contribution in [3.8, 4) is 0 Å². The maximum atomic E-state index is 11.7. The van der Waals surface area contributed by atoms with Gasteiger partial charge in [0.25, 0.3) is 0 Å². The van der Waals surface area contributed by atoms with Gasteiger partial charge in [-0.3, -0.25) is 0 Å². The molecule has 1 rings (SSSR count). The van der Waals surface area contributed by atoms with Gasteiger partial charge in [-0.15, -0.1) is 0 Å². The Morgan fingerprint density at radius 3 is 2.40 bits per heavy atom. The van der Waals surface area contributed by atoms with Crippen LogP contribution in [0.25, 0.3) is 0 Å². The lowest BCUT2D eigenvalue weighted by Crippen LogP contribution is -2.67. The van der Waals surface area contributed by atoms with Crippen molar-refractivity contribution < 1.29 is 14.6 Å². The monoisotopic (exact) mass is 215 g/mol. The Morgan fingerprint density at radius 1 is 1.53 bits per heavy atom. The first-order chi connectivity index (χ1) is 6.68. The summed E-state index contributed by atoms with van der Waals surface area (Å²) in [6.45, 7) is 10.1. The normalized spacial score (nSPS) is 24.7. The van der Waals surface area contributed by atoms with E-state index in [1.807, 2.05) is 34.6 Å². The van der Waals surface area contributed by atoms with Crippen molar-refractivity contribution >= 4 is 6.09 Å². The molecule has 1 aliphatic heterocycles. The molecule has 4 nitrogen and oxygen atoms in total. The van der Waals surface area contributed by atoms with Gasteiger partial charge in [-0.25, -0.2) is 4.79 Å². The van der Waals surface area contributed by atoms with E-state index in [0.29, 0.717) is 6.54 Å². The molecule has 0 radical (unpaired) electrons. The van der Waals surface area contributed by atoms with Gasteiger partial charge in [0.1, 0.15) is 5.60 Å². The van der Waals surface area contributed by atoms with Crippen LogP contribution in [0.15, 0.2) is 0 Å². The van der Waals surface area contributed by atoms with Crippen LogP contribution in [0.4, 0.5) is 4.79 Å². The highest BCUT2D eigenvalue weighted by atomic mass is 16.6. The molecule has 0 aromatic carbocycles. The van der Waals surface area contributed by atoms with Crippen molar-refractivity contribution in [2.45, 2.75) is 45.8 Å². The highest BCUT2D eigenvalue weighted by molar-refractivity contribution is 5.70.